The van der Waals surface area contributed by atoms with Gasteiger partial charge in [-0.25, -0.2) is 4.39 Å². The smallest absolute Gasteiger partial charge is 0.267 e. The molecule has 1 unspecified atom stereocenters. The van der Waals surface area contributed by atoms with Crippen molar-refractivity contribution in [2.45, 2.75) is 12.5 Å². The van der Waals surface area contributed by atoms with E-state index in [2.05, 4.69) is 15.6 Å². The molecule has 0 aliphatic carbocycles. The summed E-state index contributed by atoms with van der Waals surface area (Å²) >= 11 is 0. The van der Waals surface area contributed by atoms with E-state index in [-0.39, 0.29) is 17.8 Å². The van der Waals surface area contributed by atoms with E-state index in [1.54, 1.807) is 18.2 Å². The molecule has 2 heterocycles. The van der Waals surface area contributed by atoms with Gasteiger partial charge in [0.1, 0.15) is 11.5 Å². The van der Waals surface area contributed by atoms with Crippen molar-refractivity contribution in [3.8, 4) is 0 Å². The first-order chi connectivity index (χ1) is 8.74. The zero-order chi connectivity index (χ0) is 12.5. The minimum Gasteiger partial charge on any atom is -0.350 e. The molecule has 1 aromatic heterocycles. The molecule has 1 aliphatic rings. The quantitative estimate of drug-likeness (QED) is 0.751. The van der Waals surface area contributed by atoms with E-state index in [4.69, 9.17) is 0 Å². The average molecular weight is 247 g/mol. The van der Waals surface area contributed by atoms with Gasteiger partial charge in [0.2, 0.25) is 0 Å². The number of hydrogen-bond acceptors (Lipinski definition) is 2. The Morgan fingerprint density at radius 3 is 3.06 bits per heavy atom. The predicted octanol–water partition coefficient (Wildman–Crippen LogP) is 1.40. The molecular weight excluding hydrogens is 233 g/mol. The summed E-state index contributed by atoms with van der Waals surface area (Å²) in [6, 6.07) is 6.48. The van der Waals surface area contributed by atoms with Crippen LogP contribution >= 0.6 is 0 Å². The van der Waals surface area contributed by atoms with E-state index < -0.39 is 0 Å². The molecule has 5 heteroatoms. The number of carbonyl (C=O) groups is 1. The van der Waals surface area contributed by atoms with Crippen LogP contribution in [0.15, 0.2) is 24.3 Å². The van der Waals surface area contributed by atoms with Gasteiger partial charge < -0.3 is 15.6 Å². The van der Waals surface area contributed by atoms with Crippen LogP contribution in [0, 0.1) is 5.82 Å². The monoisotopic (exact) mass is 247 g/mol. The molecule has 0 saturated carbocycles. The summed E-state index contributed by atoms with van der Waals surface area (Å²) in [7, 11) is 0. The Balaban J connectivity index is 1.85. The first-order valence-corrected chi connectivity index (χ1v) is 6.03. The maximum absolute atomic E-state index is 13.5. The highest BCUT2D eigenvalue weighted by Gasteiger charge is 2.19. The predicted molar refractivity (Wildman–Crippen MR) is 67.0 cm³/mol. The molecular formula is C13H14FN3O. The third-order valence-corrected chi connectivity index (χ3v) is 3.25. The van der Waals surface area contributed by atoms with E-state index >= 15 is 0 Å². The molecule has 0 spiro atoms. The third kappa shape index (κ3) is 1.97. The number of benzene rings is 1. The lowest BCUT2D eigenvalue weighted by molar-refractivity contribution is 0.0936. The van der Waals surface area contributed by atoms with Crippen molar-refractivity contribution in [1.82, 2.24) is 15.6 Å². The average Bonchev–Trinajstić information content (AvgIpc) is 2.97. The van der Waals surface area contributed by atoms with E-state index in [1.807, 2.05) is 0 Å². The van der Waals surface area contributed by atoms with Crippen molar-refractivity contribution in [3.63, 3.8) is 0 Å². The van der Waals surface area contributed by atoms with Crippen LogP contribution in [0.1, 0.15) is 16.9 Å². The number of aromatic nitrogens is 1. The van der Waals surface area contributed by atoms with Gasteiger partial charge in [0.25, 0.3) is 5.91 Å². The Bertz CT molecular complexity index is 587. The molecule has 1 atom stereocenters. The van der Waals surface area contributed by atoms with E-state index in [1.165, 1.54) is 6.07 Å². The Morgan fingerprint density at radius 2 is 2.33 bits per heavy atom. The van der Waals surface area contributed by atoms with E-state index in [9.17, 15) is 9.18 Å². The molecule has 0 bridgehead atoms. The number of amides is 1. The highest BCUT2D eigenvalue weighted by Crippen LogP contribution is 2.18. The second-order valence-electron chi connectivity index (χ2n) is 4.55. The minimum atomic E-state index is -0.315. The number of nitrogens with one attached hydrogen (secondary N) is 3. The molecule has 4 nitrogen and oxygen atoms in total. The number of aromatic amines is 1. The number of rotatable bonds is 2. The van der Waals surface area contributed by atoms with Gasteiger partial charge in [0, 0.05) is 23.5 Å². The van der Waals surface area contributed by atoms with Gasteiger partial charge >= 0.3 is 0 Å². The second kappa shape index (κ2) is 4.42. The molecule has 1 amide bonds. The van der Waals surface area contributed by atoms with Crippen molar-refractivity contribution in [3.05, 3.63) is 35.8 Å². The summed E-state index contributed by atoms with van der Waals surface area (Å²) in [4.78, 5) is 14.9. The van der Waals surface area contributed by atoms with Gasteiger partial charge in [0.15, 0.2) is 0 Å². The summed E-state index contributed by atoms with van der Waals surface area (Å²) in [5.74, 6) is -0.496. The number of H-pyrrole nitrogens is 1. The fourth-order valence-corrected chi connectivity index (χ4v) is 2.28. The van der Waals surface area contributed by atoms with Crippen molar-refractivity contribution < 1.29 is 9.18 Å². The lowest BCUT2D eigenvalue weighted by Gasteiger charge is -2.09. The van der Waals surface area contributed by atoms with Gasteiger partial charge in [-0.1, -0.05) is 6.07 Å². The lowest BCUT2D eigenvalue weighted by atomic mass is 10.2. The van der Waals surface area contributed by atoms with Crippen LogP contribution in [0.4, 0.5) is 4.39 Å². The zero-order valence-electron chi connectivity index (χ0n) is 9.79. The van der Waals surface area contributed by atoms with E-state index in [0.717, 1.165) is 19.5 Å². The van der Waals surface area contributed by atoms with Gasteiger partial charge in [-0.2, -0.15) is 0 Å². The molecule has 18 heavy (non-hydrogen) atoms. The van der Waals surface area contributed by atoms with Crippen LogP contribution in [0.5, 0.6) is 0 Å². The molecule has 1 aliphatic heterocycles. The normalized spacial score (nSPS) is 19.3. The lowest BCUT2D eigenvalue weighted by Crippen LogP contribution is -2.36. The first kappa shape index (κ1) is 11.2. The Labute approximate surface area is 104 Å². The Hall–Kier alpha value is -1.88. The van der Waals surface area contributed by atoms with Crippen molar-refractivity contribution in [2.24, 2.45) is 0 Å². The number of hydrogen-bond donors (Lipinski definition) is 3. The summed E-state index contributed by atoms with van der Waals surface area (Å²) < 4.78 is 13.5. The van der Waals surface area contributed by atoms with Gasteiger partial charge in [-0.15, -0.1) is 0 Å². The molecule has 1 saturated heterocycles. The summed E-state index contributed by atoms with van der Waals surface area (Å²) in [5.41, 5.74) is 1.05. The highest BCUT2D eigenvalue weighted by molar-refractivity contribution is 5.98. The molecule has 3 rings (SSSR count). The highest BCUT2D eigenvalue weighted by atomic mass is 19.1. The Morgan fingerprint density at radius 1 is 1.44 bits per heavy atom. The van der Waals surface area contributed by atoms with Gasteiger partial charge in [-0.05, 0) is 31.2 Å². The van der Waals surface area contributed by atoms with Crippen LogP contribution in [0.25, 0.3) is 10.9 Å². The summed E-state index contributed by atoms with van der Waals surface area (Å²) in [5, 5.41) is 6.55. The largest absolute Gasteiger partial charge is 0.350 e. The van der Waals surface area contributed by atoms with Crippen LogP contribution in [-0.4, -0.2) is 30.0 Å². The maximum Gasteiger partial charge on any atom is 0.267 e. The number of carbonyl (C=O) groups excluding carboxylic acids is 1. The molecule has 2 aromatic rings. The van der Waals surface area contributed by atoms with Crippen LogP contribution in [0.3, 0.4) is 0 Å². The summed E-state index contributed by atoms with van der Waals surface area (Å²) in [6.45, 7) is 1.71. The molecule has 94 valence electrons. The van der Waals surface area contributed by atoms with Crippen molar-refractivity contribution in [2.75, 3.05) is 13.1 Å². The fourth-order valence-electron chi connectivity index (χ4n) is 2.28. The minimum absolute atomic E-state index is 0.161. The van der Waals surface area contributed by atoms with Gasteiger partial charge in [0.05, 0.1) is 0 Å². The number of fused-ring (bicyclic) bond motifs is 1. The van der Waals surface area contributed by atoms with Crippen molar-refractivity contribution in [1.29, 1.82) is 0 Å². The molecule has 3 N–H and O–H groups in total. The SMILES string of the molecule is O=C(NC1CCNC1)c1cc2c(F)cccc2[nH]1. The van der Waals surface area contributed by atoms with Crippen LogP contribution < -0.4 is 10.6 Å². The molecule has 1 fully saturated rings. The molecule has 0 radical (unpaired) electrons. The topological polar surface area (TPSA) is 56.9 Å². The number of halogens is 1. The maximum atomic E-state index is 13.5. The Kier molecular flexibility index (Phi) is 2.76. The van der Waals surface area contributed by atoms with Gasteiger partial charge in [-0.3, -0.25) is 4.79 Å². The van der Waals surface area contributed by atoms with Crippen molar-refractivity contribution >= 4 is 16.8 Å². The standard InChI is InChI=1S/C13H14FN3O/c14-10-2-1-3-11-9(10)6-12(17-11)13(18)16-8-4-5-15-7-8/h1-3,6,8,15,17H,4-5,7H2,(H,16,18). The van der Waals surface area contributed by atoms with E-state index in [0.29, 0.717) is 16.6 Å². The third-order valence-electron chi connectivity index (χ3n) is 3.25. The summed E-state index contributed by atoms with van der Waals surface area (Å²) in [6.07, 6.45) is 0.931. The first-order valence-electron chi connectivity index (χ1n) is 6.03. The fraction of sp³-hybridized carbons (Fsp3) is 0.308. The molecule has 1 aromatic carbocycles. The second-order valence-corrected chi connectivity index (χ2v) is 4.55. The van der Waals surface area contributed by atoms with Crippen LogP contribution in [0.2, 0.25) is 0 Å². The van der Waals surface area contributed by atoms with Crippen LogP contribution in [-0.2, 0) is 0 Å². The zero-order valence-corrected chi connectivity index (χ0v) is 9.79.